The molecule has 0 spiro atoms. The molecule has 100 valence electrons. The molecule has 1 amide bonds. The van der Waals surface area contributed by atoms with Crippen LogP contribution in [0.25, 0.3) is 0 Å². The van der Waals surface area contributed by atoms with Crippen molar-refractivity contribution in [2.45, 2.75) is 51.6 Å². The summed E-state index contributed by atoms with van der Waals surface area (Å²) in [6.45, 7) is 4.79. The molecule has 3 N–H and O–H groups in total. The van der Waals surface area contributed by atoms with E-state index in [1.807, 2.05) is 11.8 Å². The van der Waals surface area contributed by atoms with Gasteiger partial charge in [0, 0.05) is 25.0 Å². The van der Waals surface area contributed by atoms with Crippen molar-refractivity contribution in [2.24, 2.45) is 5.73 Å². The molecule has 2 rings (SSSR count). The highest BCUT2D eigenvalue weighted by Crippen LogP contribution is 2.17. The van der Waals surface area contributed by atoms with Crippen molar-refractivity contribution < 1.29 is 4.79 Å². The number of aromatic amines is 1. The van der Waals surface area contributed by atoms with Crippen LogP contribution in [-0.4, -0.2) is 44.6 Å². The number of piperidine rings is 1. The number of H-pyrrole nitrogens is 1. The summed E-state index contributed by atoms with van der Waals surface area (Å²) in [5, 5.41) is 6.82. The second-order valence-corrected chi connectivity index (χ2v) is 4.99. The maximum Gasteiger partial charge on any atom is 0.293 e. The third-order valence-corrected chi connectivity index (χ3v) is 3.39. The Morgan fingerprint density at radius 2 is 2.39 bits per heavy atom. The first kappa shape index (κ1) is 13.0. The number of aromatic nitrogens is 3. The first-order valence-corrected chi connectivity index (χ1v) is 6.59. The van der Waals surface area contributed by atoms with Crippen molar-refractivity contribution in [3.8, 4) is 0 Å². The largest absolute Gasteiger partial charge is 0.333 e. The molecule has 1 aliphatic rings. The lowest BCUT2D eigenvalue weighted by molar-refractivity contribution is 0.0606. The van der Waals surface area contributed by atoms with Crippen molar-refractivity contribution in [1.29, 1.82) is 0 Å². The van der Waals surface area contributed by atoms with E-state index in [0.29, 0.717) is 6.54 Å². The van der Waals surface area contributed by atoms with Gasteiger partial charge in [0.25, 0.3) is 5.91 Å². The zero-order valence-electron chi connectivity index (χ0n) is 11.0. The van der Waals surface area contributed by atoms with E-state index < -0.39 is 0 Å². The van der Waals surface area contributed by atoms with Gasteiger partial charge in [-0.25, -0.2) is 4.98 Å². The van der Waals surface area contributed by atoms with Crippen LogP contribution < -0.4 is 5.73 Å². The number of rotatable bonds is 3. The molecular formula is C12H21N5O. The van der Waals surface area contributed by atoms with Crippen LogP contribution in [0, 0.1) is 0 Å². The van der Waals surface area contributed by atoms with E-state index in [1.165, 1.54) is 0 Å². The predicted octanol–water partition coefficient (Wildman–Crippen LogP) is 0.709. The van der Waals surface area contributed by atoms with E-state index in [0.717, 1.165) is 31.5 Å². The highest BCUT2D eigenvalue weighted by molar-refractivity contribution is 5.90. The Labute approximate surface area is 107 Å². The SMILES string of the molecule is CCCc1nc(C(=O)N2CCC(N)CC2C)n[nH]1. The van der Waals surface area contributed by atoms with Gasteiger partial charge in [-0.3, -0.25) is 9.89 Å². The maximum atomic E-state index is 12.3. The lowest BCUT2D eigenvalue weighted by Gasteiger charge is -2.35. The summed E-state index contributed by atoms with van der Waals surface area (Å²) in [5.41, 5.74) is 5.89. The molecule has 1 fully saturated rings. The second kappa shape index (κ2) is 5.48. The van der Waals surface area contributed by atoms with Crippen molar-refractivity contribution >= 4 is 5.91 Å². The Bertz CT molecular complexity index is 416. The van der Waals surface area contributed by atoms with Crippen molar-refractivity contribution in [3.05, 3.63) is 11.6 Å². The Morgan fingerprint density at radius 3 is 3.06 bits per heavy atom. The van der Waals surface area contributed by atoms with Gasteiger partial charge in [-0.15, -0.1) is 5.10 Å². The number of nitrogens with zero attached hydrogens (tertiary/aromatic N) is 3. The fourth-order valence-electron chi connectivity index (χ4n) is 2.38. The molecule has 1 aromatic heterocycles. The van der Waals surface area contributed by atoms with E-state index in [-0.39, 0.29) is 23.8 Å². The number of likely N-dealkylation sites (tertiary alicyclic amines) is 1. The monoisotopic (exact) mass is 251 g/mol. The number of carbonyl (C=O) groups is 1. The molecule has 18 heavy (non-hydrogen) atoms. The third kappa shape index (κ3) is 2.69. The Balaban J connectivity index is 2.05. The van der Waals surface area contributed by atoms with E-state index in [9.17, 15) is 4.79 Å². The van der Waals surface area contributed by atoms with Gasteiger partial charge in [-0.1, -0.05) is 6.92 Å². The lowest BCUT2D eigenvalue weighted by Crippen LogP contribution is -2.48. The molecule has 2 unspecified atom stereocenters. The summed E-state index contributed by atoms with van der Waals surface area (Å²) in [5.74, 6) is 0.969. The van der Waals surface area contributed by atoms with Gasteiger partial charge in [0.1, 0.15) is 5.82 Å². The van der Waals surface area contributed by atoms with Crippen molar-refractivity contribution in [3.63, 3.8) is 0 Å². The number of nitrogens with one attached hydrogen (secondary N) is 1. The van der Waals surface area contributed by atoms with Gasteiger partial charge < -0.3 is 10.6 Å². The fraction of sp³-hybridized carbons (Fsp3) is 0.750. The van der Waals surface area contributed by atoms with Gasteiger partial charge in [0.2, 0.25) is 5.82 Å². The van der Waals surface area contributed by atoms with Crippen LogP contribution >= 0.6 is 0 Å². The standard InChI is InChI=1S/C12H21N5O/c1-3-4-10-14-11(16-15-10)12(18)17-6-5-9(13)7-8(17)2/h8-9H,3-7,13H2,1-2H3,(H,14,15,16). The molecule has 1 aliphatic heterocycles. The van der Waals surface area contributed by atoms with Gasteiger partial charge in [-0.05, 0) is 26.2 Å². The average molecular weight is 251 g/mol. The molecule has 0 aromatic carbocycles. The van der Waals surface area contributed by atoms with Crippen LogP contribution in [0.2, 0.25) is 0 Å². The number of carbonyl (C=O) groups excluding carboxylic acids is 1. The van der Waals surface area contributed by atoms with Crippen LogP contribution in [0.15, 0.2) is 0 Å². The Hall–Kier alpha value is -1.43. The minimum Gasteiger partial charge on any atom is -0.333 e. The summed E-state index contributed by atoms with van der Waals surface area (Å²) < 4.78 is 0. The molecule has 1 saturated heterocycles. The maximum absolute atomic E-state index is 12.3. The molecule has 1 aromatic rings. The van der Waals surface area contributed by atoms with E-state index in [1.54, 1.807) is 0 Å². The fourth-order valence-corrected chi connectivity index (χ4v) is 2.38. The molecule has 0 aliphatic carbocycles. The summed E-state index contributed by atoms with van der Waals surface area (Å²) in [4.78, 5) is 18.3. The minimum absolute atomic E-state index is 0.0898. The van der Waals surface area contributed by atoms with E-state index in [4.69, 9.17) is 5.73 Å². The highest BCUT2D eigenvalue weighted by atomic mass is 16.2. The second-order valence-electron chi connectivity index (χ2n) is 4.99. The highest BCUT2D eigenvalue weighted by Gasteiger charge is 2.29. The number of nitrogens with two attached hydrogens (primary N) is 1. The number of aryl methyl sites for hydroxylation is 1. The topological polar surface area (TPSA) is 87.9 Å². The number of hydrogen-bond acceptors (Lipinski definition) is 4. The van der Waals surface area contributed by atoms with Gasteiger partial charge in [0.05, 0.1) is 0 Å². The smallest absolute Gasteiger partial charge is 0.293 e. The molecule has 0 bridgehead atoms. The van der Waals surface area contributed by atoms with Gasteiger partial charge in [0.15, 0.2) is 0 Å². The third-order valence-electron chi connectivity index (χ3n) is 3.39. The van der Waals surface area contributed by atoms with Crippen LogP contribution in [0.4, 0.5) is 0 Å². The first-order valence-electron chi connectivity index (χ1n) is 6.59. The van der Waals surface area contributed by atoms with E-state index in [2.05, 4.69) is 22.1 Å². The summed E-state index contributed by atoms with van der Waals surface area (Å²) in [6, 6.07) is 0.362. The molecular weight excluding hydrogens is 230 g/mol. The van der Waals surface area contributed by atoms with Crippen LogP contribution in [-0.2, 0) is 6.42 Å². The quantitative estimate of drug-likeness (QED) is 0.828. The lowest BCUT2D eigenvalue weighted by atomic mass is 9.99. The van der Waals surface area contributed by atoms with Gasteiger partial charge in [-0.2, -0.15) is 0 Å². The average Bonchev–Trinajstić information content (AvgIpc) is 2.77. The molecule has 2 atom stereocenters. The minimum atomic E-state index is -0.0898. The molecule has 2 heterocycles. The van der Waals surface area contributed by atoms with Crippen LogP contribution in [0.5, 0.6) is 0 Å². The molecule has 0 saturated carbocycles. The van der Waals surface area contributed by atoms with Crippen LogP contribution in [0.3, 0.4) is 0 Å². The summed E-state index contributed by atoms with van der Waals surface area (Å²) >= 11 is 0. The summed E-state index contributed by atoms with van der Waals surface area (Å²) in [7, 11) is 0. The normalized spacial score (nSPS) is 24.3. The van der Waals surface area contributed by atoms with Crippen LogP contribution in [0.1, 0.15) is 49.6 Å². The van der Waals surface area contributed by atoms with E-state index >= 15 is 0 Å². The number of hydrogen-bond donors (Lipinski definition) is 2. The molecule has 6 nitrogen and oxygen atoms in total. The summed E-state index contributed by atoms with van der Waals surface area (Å²) in [6.07, 6.45) is 3.50. The van der Waals surface area contributed by atoms with Crippen molar-refractivity contribution in [2.75, 3.05) is 6.54 Å². The number of amides is 1. The zero-order valence-corrected chi connectivity index (χ0v) is 11.0. The Morgan fingerprint density at radius 1 is 1.61 bits per heavy atom. The van der Waals surface area contributed by atoms with Gasteiger partial charge >= 0.3 is 0 Å². The first-order chi connectivity index (χ1) is 8.61. The Kier molecular flexibility index (Phi) is 3.96. The zero-order chi connectivity index (χ0) is 13.1. The molecule has 0 radical (unpaired) electrons. The molecule has 6 heteroatoms. The predicted molar refractivity (Wildman–Crippen MR) is 68.1 cm³/mol. The van der Waals surface area contributed by atoms with Crippen molar-refractivity contribution in [1.82, 2.24) is 20.1 Å².